The lowest BCUT2D eigenvalue weighted by atomic mass is 9.84. The van der Waals surface area contributed by atoms with Gasteiger partial charge in [0.1, 0.15) is 11.5 Å². The molecule has 2 atom stereocenters. The fourth-order valence-corrected chi connectivity index (χ4v) is 3.19. The maximum atomic E-state index is 12.4. The molecular weight excluding hydrogens is 252 g/mol. The van der Waals surface area contributed by atoms with Crippen LogP contribution in [0.15, 0.2) is 10.5 Å². The van der Waals surface area contributed by atoms with E-state index >= 15 is 0 Å². The van der Waals surface area contributed by atoms with Crippen LogP contribution in [0.2, 0.25) is 0 Å². The standard InChI is InChI=1S/C16H26N2O2/c1-11-9-14(12(2)20-11)16(19)17-15-8-6-5-7-13(15)10-18(3)4/h9,13,15H,5-8,10H2,1-4H3,(H,17,19). The quantitative estimate of drug-likeness (QED) is 0.921. The first-order chi connectivity index (χ1) is 9.47. The number of nitrogens with one attached hydrogen (secondary N) is 1. The maximum Gasteiger partial charge on any atom is 0.255 e. The van der Waals surface area contributed by atoms with Gasteiger partial charge in [-0.25, -0.2) is 0 Å². The number of aryl methyl sites for hydroxylation is 2. The minimum atomic E-state index is 0.00926. The van der Waals surface area contributed by atoms with E-state index in [0.29, 0.717) is 17.2 Å². The van der Waals surface area contributed by atoms with Crippen LogP contribution >= 0.6 is 0 Å². The van der Waals surface area contributed by atoms with Crippen molar-refractivity contribution in [2.24, 2.45) is 5.92 Å². The molecule has 4 heteroatoms. The maximum absolute atomic E-state index is 12.4. The number of furan rings is 1. The molecule has 0 aliphatic heterocycles. The zero-order chi connectivity index (χ0) is 14.7. The van der Waals surface area contributed by atoms with E-state index in [-0.39, 0.29) is 11.9 Å². The lowest BCUT2D eigenvalue weighted by molar-refractivity contribution is 0.0894. The van der Waals surface area contributed by atoms with Gasteiger partial charge in [0.15, 0.2) is 0 Å². The summed E-state index contributed by atoms with van der Waals surface area (Å²) < 4.78 is 5.45. The molecular formula is C16H26N2O2. The molecule has 0 bridgehead atoms. The molecule has 0 aromatic carbocycles. The van der Waals surface area contributed by atoms with Crippen molar-refractivity contribution in [1.29, 1.82) is 0 Å². The van der Waals surface area contributed by atoms with Crippen LogP contribution in [0.4, 0.5) is 0 Å². The average molecular weight is 278 g/mol. The highest BCUT2D eigenvalue weighted by atomic mass is 16.3. The largest absolute Gasteiger partial charge is 0.466 e. The Bertz CT molecular complexity index is 465. The summed E-state index contributed by atoms with van der Waals surface area (Å²) >= 11 is 0. The van der Waals surface area contributed by atoms with Gasteiger partial charge in [-0.2, -0.15) is 0 Å². The lowest BCUT2D eigenvalue weighted by Gasteiger charge is -2.33. The molecule has 4 nitrogen and oxygen atoms in total. The number of rotatable bonds is 4. The molecule has 20 heavy (non-hydrogen) atoms. The highest BCUT2D eigenvalue weighted by Gasteiger charge is 2.28. The van der Waals surface area contributed by atoms with Gasteiger partial charge in [0.25, 0.3) is 5.91 Å². The van der Waals surface area contributed by atoms with Gasteiger partial charge < -0.3 is 14.6 Å². The van der Waals surface area contributed by atoms with E-state index in [9.17, 15) is 4.79 Å². The fraction of sp³-hybridized carbons (Fsp3) is 0.688. The molecule has 1 aromatic rings. The molecule has 2 unspecified atom stereocenters. The van der Waals surface area contributed by atoms with Crippen molar-refractivity contribution in [3.8, 4) is 0 Å². The molecule has 1 heterocycles. The normalized spacial score (nSPS) is 23.1. The molecule has 0 radical (unpaired) electrons. The minimum absolute atomic E-state index is 0.00926. The van der Waals surface area contributed by atoms with Gasteiger partial charge in [-0.3, -0.25) is 4.79 Å². The highest BCUT2D eigenvalue weighted by molar-refractivity contribution is 5.95. The van der Waals surface area contributed by atoms with Gasteiger partial charge in [-0.15, -0.1) is 0 Å². The van der Waals surface area contributed by atoms with Gasteiger partial charge >= 0.3 is 0 Å². The predicted molar refractivity (Wildman–Crippen MR) is 79.9 cm³/mol. The molecule has 1 amide bonds. The Balaban J connectivity index is 2.03. The van der Waals surface area contributed by atoms with E-state index in [1.54, 1.807) is 0 Å². The summed E-state index contributed by atoms with van der Waals surface area (Å²) in [6, 6.07) is 2.11. The Morgan fingerprint density at radius 3 is 2.65 bits per heavy atom. The summed E-state index contributed by atoms with van der Waals surface area (Å²) in [5.74, 6) is 2.06. The number of nitrogens with zero attached hydrogens (tertiary/aromatic N) is 1. The van der Waals surface area contributed by atoms with Crippen molar-refractivity contribution >= 4 is 5.91 Å². The highest BCUT2D eigenvalue weighted by Crippen LogP contribution is 2.25. The zero-order valence-corrected chi connectivity index (χ0v) is 13.0. The van der Waals surface area contributed by atoms with Crippen LogP contribution in [0, 0.1) is 19.8 Å². The molecule has 1 fully saturated rings. The van der Waals surface area contributed by atoms with E-state index in [1.807, 2.05) is 19.9 Å². The van der Waals surface area contributed by atoms with Crippen molar-refractivity contribution in [3.05, 3.63) is 23.2 Å². The molecule has 2 rings (SSSR count). The first-order valence-electron chi connectivity index (χ1n) is 7.50. The number of hydrogen-bond acceptors (Lipinski definition) is 3. The van der Waals surface area contributed by atoms with Gasteiger partial charge in [0, 0.05) is 12.6 Å². The second-order valence-electron chi connectivity index (χ2n) is 6.21. The van der Waals surface area contributed by atoms with Crippen LogP contribution < -0.4 is 5.32 Å². The van der Waals surface area contributed by atoms with Crippen molar-refractivity contribution < 1.29 is 9.21 Å². The van der Waals surface area contributed by atoms with Crippen LogP contribution in [0.1, 0.15) is 47.6 Å². The number of hydrogen-bond donors (Lipinski definition) is 1. The third kappa shape index (κ3) is 3.63. The van der Waals surface area contributed by atoms with E-state index in [1.165, 1.54) is 19.3 Å². The predicted octanol–water partition coefficient (Wildman–Crippen LogP) is 2.75. The molecule has 0 saturated heterocycles. The Morgan fingerprint density at radius 1 is 1.35 bits per heavy atom. The van der Waals surface area contributed by atoms with E-state index in [4.69, 9.17) is 4.42 Å². The molecule has 0 spiro atoms. The topological polar surface area (TPSA) is 45.5 Å². The third-order valence-corrected chi connectivity index (χ3v) is 4.11. The SMILES string of the molecule is Cc1cc(C(=O)NC2CCCCC2CN(C)C)c(C)o1. The minimum Gasteiger partial charge on any atom is -0.466 e. The first kappa shape index (κ1) is 15.1. The second-order valence-corrected chi connectivity index (χ2v) is 6.21. The Labute approximate surface area is 121 Å². The van der Waals surface area contributed by atoms with Crippen LogP contribution in [0.3, 0.4) is 0 Å². The van der Waals surface area contributed by atoms with E-state index in [0.717, 1.165) is 18.7 Å². The van der Waals surface area contributed by atoms with Crippen LogP contribution in [-0.4, -0.2) is 37.5 Å². The van der Waals surface area contributed by atoms with E-state index in [2.05, 4.69) is 24.3 Å². The van der Waals surface area contributed by atoms with Crippen LogP contribution in [-0.2, 0) is 0 Å². The fourth-order valence-electron chi connectivity index (χ4n) is 3.19. The molecule has 1 saturated carbocycles. The molecule has 1 aromatic heterocycles. The van der Waals surface area contributed by atoms with Gasteiger partial charge in [-0.05, 0) is 52.8 Å². The zero-order valence-electron chi connectivity index (χ0n) is 13.0. The summed E-state index contributed by atoms with van der Waals surface area (Å²) in [4.78, 5) is 14.6. The average Bonchev–Trinajstić information content (AvgIpc) is 2.70. The van der Waals surface area contributed by atoms with Gasteiger partial charge in [0.05, 0.1) is 5.56 Å². The molecule has 1 N–H and O–H groups in total. The Hall–Kier alpha value is -1.29. The first-order valence-corrected chi connectivity index (χ1v) is 7.50. The molecule has 112 valence electrons. The van der Waals surface area contributed by atoms with E-state index < -0.39 is 0 Å². The van der Waals surface area contributed by atoms with Gasteiger partial charge in [0.2, 0.25) is 0 Å². The van der Waals surface area contributed by atoms with Gasteiger partial charge in [-0.1, -0.05) is 12.8 Å². The third-order valence-electron chi connectivity index (χ3n) is 4.11. The lowest BCUT2D eigenvalue weighted by Crippen LogP contribution is -2.45. The summed E-state index contributed by atoms with van der Waals surface area (Å²) in [6.45, 7) is 4.76. The van der Waals surface area contributed by atoms with Crippen LogP contribution in [0.25, 0.3) is 0 Å². The Morgan fingerprint density at radius 2 is 2.05 bits per heavy atom. The molecule has 1 aliphatic carbocycles. The monoisotopic (exact) mass is 278 g/mol. The van der Waals surface area contributed by atoms with Crippen molar-refractivity contribution in [2.45, 2.75) is 45.6 Å². The summed E-state index contributed by atoms with van der Waals surface area (Å²) in [6.07, 6.45) is 4.76. The summed E-state index contributed by atoms with van der Waals surface area (Å²) in [5.41, 5.74) is 0.677. The second kappa shape index (κ2) is 6.44. The Kier molecular flexibility index (Phi) is 4.86. The summed E-state index contributed by atoms with van der Waals surface area (Å²) in [7, 11) is 4.19. The number of amides is 1. The van der Waals surface area contributed by atoms with Crippen molar-refractivity contribution in [2.75, 3.05) is 20.6 Å². The smallest absolute Gasteiger partial charge is 0.255 e. The molecule has 1 aliphatic rings. The number of carbonyl (C=O) groups excluding carboxylic acids is 1. The van der Waals surface area contributed by atoms with Crippen molar-refractivity contribution in [3.63, 3.8) is 0 Å². The van der Waals surface area contributed by atoms with Crippen LogP contribution in [0.5, 0.6) is 0 Å². The van der Waals surface area contributed by atoms with Crippen molar-refractivity contribution in [1.82, 2.24) is 10.2 Å². The number of carbonyl (C=O) groups is 1. The summed E-state index contributed by atoms with van der Waals surface area (Å²) in [5, 5.41) is 3.22.